The number of hydrogen-bond acceptors (Lipinski definition) is 4. The Morgan fingerprint density at radius 2 is 1.71 bits per heavy atom. The molecule has 0 N–H and O–H groups in total. The van der Waals surface area contributed by atoms with Crippen LogP contribution in [0.2, 0.25) is 0 Å². The molecule has 0 aliphatic carbocycles. The number of aromatic nitrogens is 2. The van der Waals surface area contributed by atoms with Gasteiger partial charge in [-0.3, -0.25) is 4.79 Å². The summed E-state index contributed by atoms with van der Waals surface area (Å²) in [5.74, 6) is 0.356. The van der Waals surface area contributed by atoms with Gasteiger partial charge in [-0.05, 0) is 24.5 Å². The number of carbonyl (C=O) groups is 1. The van der Waals surface area contributed by atoms with E-state index < -0.39 is 11.7 Å². The molecule has 150 valence electrons. The Bertz CT molecular complexity index is 806. The molecule has 2 aromatic rings. The van der Waals surface area contributed by atoms with E-state index in [0.29, 0.717) is 32.6 Å². The topological polar surface area (TPSA) is 49.3 Å². The molecule has 1 fully saturated rings. The van der Waals surface area contributed by atoms with Crippen LogP contribution in [0.25, 0.3) is 0 Å². The number of aryl methyl sites for hydroxylation is 1. The molecule has 3 rings (SSSR count). The van der Waals surface area contributed by atoms with Crippen molar-refractivity contribution in [3.63, 3.8) is 0 Å². The second-order valence-corrected chi connectivity index (χ2v) is 7.44. The van der Waals surface area contributed by atoms with Crippen LogP contribution in [0, 0.1) is 0 Å². The van der Waals surface area contributed by atoms with Crippen molar-refractivity contribution >= 4 is 27.8 Å². The number of halogens is 4. The van der Waals surface area contributed by atoms with Crippen LogP contribution in [0.1, 0.15) is 24.0 Å². The van der Waals surface area contributed by atoms with Crippen LogP contribution >= 0.6 is 15.9 Å². The lowest BCUT2D eigenvalue weighted by atomic mass is 10.1. The highest BCUT2D eigenvalue weighted by Gasteiger charge is 2.32. The van der Waals surface area contributed by atoms with E-state index in [1.54, 1.807) is 9.80 Å². The van der Waals surface area contributed by atoms with Crippen LogP contribution < -0.4 is 4.90 Å². The predicted octanol–water partition coefficient (Wildman–Crippen LogP) is 3.93. The summed E-state index contributed by atoms with van der Waals surface area (Å²) in [5, 5.41) is 0. The lowest BCUT2D eigenvalue weighted by Gasteiger charge is -2.34. The number of rotatable bonds is 5. The molecule has 5 nitrogen and oxygen atoms in total. The van der Waals surface area contributed by atoms with Crippen LogP contribution in [0.3, 0.4) is 0 Å². The third-order valence-corrected chi connectivity index (χ3v) is 5.45. The van der Waals surface area contributed by atoms with Crippen molar-refractivity contribution in [3.8, 4) is 0 Å². The van der Waals surface area contributed by atoms with Crippen molar-refractivity contribution in [1.29, 1.82) is 0 Å². The molecule has 1 amide bonds. The molecule has 9 heteroatoms. The summed E-state index contributed by atoms with van der Waals surface area (Å²) in [7, 11) is 0. The smallest absolute Gasteiger partial charge is 0.339 e. The summed E-state index contributed by atoms with van der Waals surface area (Å²) in [5.41, 5.74) is 0.315. The fraction of sp³-hybridized carbons (Fsp3) is 0.421. The Hall–Kier alpha value is -2.16. The molecule has 0 bridgehead atoms. The van der Waals surface area contributed by atoms with Crippen molar-refractivity contribution in [2.45, 2.75) is 25.4 Å². The summed E-state index contributed by atoms with van der Waals surface area (Å²) >= 11 is 3.51. The molecule has 0 unspecified atom stereocenters. The summed E-state index contributed by atoms with van der Waals surface area (Å²) in [6, 6.07) is 7.96. The van der Waals surface area contributed by atoms with Crippen molar-refractivity contribution < 1.29 is 18.0 Å². The van der Waals surface area contributed by atoms with E-state index in [0.717, 1.165) is 29.7 Å². The number of carbonyl (C=O) groups excluding carboxylic acids is 1. The zero-order chi connectivity index (χ0) is 20.1. The fourth-order valence-corrected chi connectivity index (χ4v) is 3.56. The van der Waals surface area contributed by atoms with Crippen LogP contribution in [-0.4, -0.2) is 47.0 Å². The molecule has 1 aromatic carbocycles. The molecule has 28 heavy (non-hydrogen) atoms. The largest absolute Gasteiger partial charge is 0.419 e. The first kappa shape index (κ1) is 20.6. The van der Waals surface area contributed by atoms with Gasteiger partial charge in [0.05, 0.1) is 5.56 Å². The maximum absolute atomic E-state index is 12.6. The van der Waals surface area contributed by atoms with Gasteiger partial charge in [0.2, 0.25) is 11.9 Å². The maximum Gasteiger partial charge on any atom is 0.419 e. The Morgan fingerprint density at radius 3 is 2.32 bits per heavy atom. The van der Waals surface area contributed by atoms with E-state index in [9.17, 15) is 18.0 Å². The third kappa shape index (κ3) is 5.21. The van der Waals surface area contributed by atoms with Crippen LogP contribution in [0.15, 0.2) is 41.1 Å². The third-order valence-electron chi connectivity index (χ3n) is 4.68. The predicted molar refractivity (Wildman–Crippen MR) is 103 cm³/mol. The first-order chi connectivity index (χ1) is 13.3. The average Bonchev–Trinajstić information content (AvgIpc) is 2.69. The van der Waals surface area contributed by atoms with Gasteiger partial charge in [-0.25, -0.2) is 9.97 Å². The van der Waals surface area contributed by atoms with E-state index in [-0.39, 0.29) is 11.9 Å². The minimum absolute atomic E-state index is 0.0973. The van der Waals surface area contributed by atoms with E-state index in [4.69, 9.17) is 0 Å². The Balaban J connectivity index is 1.45. The van der Waals surface area contributed by atoms with E-state index >= 15 is 0 Å². The average molecular weight is 457 g/mol. The van der Waals surface area contributed by atoms with Crippen molar-refractivity contribution in [2.75, 3.05) is 31.1 Å². The van der Waals surface area contributed by atoms with Gasteiger partial charge in [0.1, 0.15) is 0 Å². The first-order valence-corrected chi connectivity index (χ1v) is 9.79. The van der Waals surface area contributed by atoms with Crippen molar-refractivity contribution in [2.24, 2.45) is 0 Å². The van der Waals surface area contributed by atoms with Crippen LogP contribution in [-0.2, 0) is 17.4 Å². The van der Waals surface area contributed by atoms with Gasteiger partial charge in [0.15, 0.2) is 0 Å². The monoisotopic (exact) mass is 456 g/mol. The number of amides is 1. The lowest BCUT2D eigenvalue weighted by molar-refractivity contribution is -0.138. The van der Waals surface area contributed by atoms with Crippen molar-refractivity contribution in [1.82, 2.24) is 14.9 Å². The standard InChI is InChI=1S/C19H20BrF3N4O/c20-16-6-2-1-4-14(16)5-3-7-17(28)26-8-10-27(11-9-26)18-24-12-15(13-25-18)19(21,22)23/h1-2,4,6,12-13H,3,5,7-11H2. The van der Waals surface area contributed by atoms with Gasteiger partial charge in [-0.15, -0.1) is 0 Å². The SMILES string of the molecule is O=C(CCCc1ccccc1Br)N1CCN(c2ncc(C(F)(F)F)cn2)CC1. The van der Waals surface area contributed by atoms with E-state index in [1.807, 2.05) is 24.3 Å². The molecular weight excluding hydrogens is 437 g/mol. The number of piperazine rings is 1. The molecular formula is C19H20BrF3N4O. The van der Waals surface area contributed by atoms with Gasteiger partial charge in [-0.2, -0.15) is 13.2 Å². The van der Waals surface area contributed by atoms with Gasteiger partial charge in [-0.1, -0.05) is 34.1 Å². The number of hydrogen-bond donors (Lipinski definition) is 0. The summed E-state index contributed by atoms with van der Waals surface area (Å²) in [4.78, 5) is 23.6. The minimum Gasteiger partial charge on any atom is -0.339 e. The highest BCUT2D eigenvalue weighted by atomic mass is 79.9. The number of benzene rings is 1. The minimum atomic E-state index is -4.45. The van der Waals surface area contributed by atoms with Crippen LogP contribution in [0.5, 0.6) is 0 Å². The molecule has 1 aromatic heterocycles. The molecule has 1 aliphatic heterocycles. The molecule has 0 saturated carbocycles. The Kier molecular flexibility index (Phi) is 6.53. The lowest BCUT2D eigenvalue weighted by Crippen LogP contribution is -2.49. The van der Waals surface area contributed by atoms with E-state index in [2.05, 4.69) is 25.9 Å². The van der Waals surface area contributed by atoms with Crippen LogP contribution in [0.4, 0.5) is 19.1 Å². The maximum atomic E-state index is 12.6. The van der Waals surface area contributed by atoms with E-state index in [1.165, 1.54) is 5.56 Å². The van der Waals surface area contributed by atoms with Gasteiger partial charge < -0.3 is 9.80 Å². The zero-order valence-electron chi connectivity index (χ0n) is 15.1. The second-order valence-electron chi connectivity index (χ2n) is 6.58. The normalized spacial score (nSPS) is 15.0. The van der Waals surface area contributed by atoms with Gasteiger partial charge in [0, 0.05) is 49.5 Å². The quantitative estimate of drug-likeness (QED) is 0.683. The number of anilines is 1. The zero-order valence-corrected chi connectivity index (χ0v) is 16.7. The first-order valence-electron chi connectivity index (χ1n) is 9.00. The molecule has 1 saturated heterocycles. The summed E-state index contributed by atoms with van der Waals surface area (Å²) in [6.07, 6.45) is -0.795. The molecule has 1 aliphatic rings. The van der Waals surface area contributed by atoms with Gasteiger partial charge in [0.25, 0.3) is 0 Å². The Labute approximate surface area is 169 Å². The highest BCUT2D eigenvalue weighted by molar-refractivity contribution is 9.10. The molecule has 0 radical (unpaired) electrons. The molecule has 0 spiro atoms. The summed E-state index contributed by atoms with van der Waals surface area (Å²) in [6.45, 7) is 2.03. The number of alkyl halides is 3. The highest BCUT2D eigenvalue weighted by Crippen LogP contribution is 2.28. The summed E-state index contributed by atoms with van der Waals surface area (Å²) < 4.78 is 38.8. The number of nitrogens with zero attached hydrogens (tertiary/aromatic N) is 4. The Morgan fingerprint density at radius 1 is 1.07 bits per heavy atom. The van der Waals surface area contributed by atoms with Crippen molar-refractivity contribution in [3.05, 3.63) is 52.3 Å². The van der Waals surface area contributed by atoms with Gasteiger partial charge >= 0.3 is 6.18 Å². The molecule has 2 heterocycles. The fourth-order valence-electron chi connectivity index (χ4n) is 3.08. The molecule has 0 atom stereocenters. The second kappa shape index (κ2) is 8.89.